The van der Waals surface area contributed by atoms with Gasteiger partial charge in [-0.3, -0.25) is 14.9 Å². The molecule has 0 fully saturated rings. The summed E-state index contributed by atoms with van der Waals surface area (Å²) < 4.78 is 12.9. The number of benzene rings is 1. The lowest BCUT2D eigenvalue weighted by Crippen LogP contribution is -1.99. The molecule has 0 aliphatic carbocycles. The predicted octanol–water partition coefficient (Wildman–Crippen LogP) is 1.75. The summed E-state index contributed by atoms with van der Waals surface area (Å²) in [5, 5.41) is 18.8. The van der Waals surface area contributed by atoms with Crippen LogP contribution in [-0.4, -0.2) is 16.0 Å². The first-order chi connectivity index (χ1) is 6.99. The monoisotopic (exact) mass is 213 g/mol. The Morgan fingerprint density at radius 3 is 2.67 bits per heavy atom. The summed E-state index contributed by atoms with van der Waals surface area (Å²) in [4.78, 5) is 19.9. The topological polar surface area (TPSA) is 80.4 Å². The molecule has 1 aromatic carbocycles. The van der Waals surface area contributed by atoms with E-state index in [0.717, 1.165) is 12.1 Å². The van der Waals surface area contributed by atoms with Crippen molar-refractivity contribution in [1.29, 1.82) is 0 Å². The van der Waals surface area contributed by atoms with Gasteiger partial charge in [0.2, 0.25) is 0 Å². The highest BCUT2D eigenvalue weighted by Gasteiger charge is 2.10. The van der Waals surface area contributed by atoms with Gasteiger partial charge in [0.25, 0.3) is 5.69 Å². The van der Waals surface area contributed by atoms with Crippen LogP contribution < -0.4 is 0 Å². The van der Waals surface area contributed by atoms with Crippen LogP contribution in [0.1, 0.15) is 12.0 Å². The van der Waals surface area contributed by atoms with Crippen LogP contribution in [0.3, 0.4) is 0 Å². The summed E-state index contributed by atoms with van der Waals surface area (Å²) in [7, 11) is 0. The van der Waals surface area contributed by atoms with Crippen molar-refractivity contribution in [2.75, 3.05) is 0 Å². The Labute approximate surface area is 84.3 Å². The molecule has 0 unspecified atom stereocenters. The molecule has 1 aromatic rings. The smallest absolute Gasteiger partial charge is 0.303 e. The maximum atomic E-state index is 12.9. The van der Waals surface area contributed by atoms with Gasteiger partial charge in [-0.2, -0.15) is 0 Å². The van der Waals surface area contributed by atoms with Gasteiger partial charge < -0.3 is 5.11 Å². The Morgan fingerprint density at radius 1 is 1.47 bits per heavy atom. The first kappa shape index (κ1) is 11.1. The summed E-state index contributed by atoms with van der Waals surface area (Å²) in [6.45, 7) is 0. The average Bonchev–Trinajstić information content (AvgIpc) is 2.13. The molecule has 0 spiro atoms. The van der Waals surface area contributed by atoms with Crippen LogP contribution in [0.15, 0.2) is 18.2 Å². The predicted molar refractivity (Wildman–Crippen MR) is 49.0 cm³/mol. The number of aryl methyl sites for hydroxylation is 1. The highest BCUT2D eigenvalue weighted by atomic mass is 19.1. The first-order valence-electron chi connectivity index (χ1n) is 4.14. The lowest BCUT2D eigenvalue weighted by atomic mass is 10.1. The van der Waals surface area contributed by atoms with Gasteiger partial charge in [0.1, 0.15) is 5.82 Å². The molecule has 5 nitrogen and oxygen atoms in total. The minimum Gasteiger partial charge on any atom is -0.481 e. The van der Waals surface area contributed by atoms with E-state index in [-0.39, 0.29) is 18.5 Å². The minimum absolute atomic E-state index is 0.0773. The maximum Gasteiger partial charge on any atom is 0.303 e. The second-order valence-electron chi connectivity index (χ2n) is 2.97. The van der Waals surface area contributed by atoms with E-state index in [1.54, 1.807) is 0 Å². The second-order valence-corrected chi connectivity index (χ2v) is 2.97. The van der Waals surface area contributed by atoms with Crippen LogP contribution in [0.5, 0.6) is 0 Å². The number of nitro groups is 1. The van der Waals surface area contributed by atoms with Crippen LogP contribution in [0.4, 0.5) is 10.1 Å². The number of carboxylic acid groups (broad SMARTS) is 1. The Balaban J connectivity index is 2.88. The van der Waals surface area contributed by atoms with Gasteiger partial charge in [0.05, 0.1) is 11.0 Å². The lowest BCUT2D eigenvalue weighted by Gasteiger charge is -1.99. The zero-order valence-electron chi connectivity index (χ0n) is 7.64. The molecule has 15 heavy (non-hydrogen) atoms. The standard InChI is InChI=1S/C9H8FNO4/c10-7-3-6(1-2-9(12)13)4-8(5-7)11(14)15/h3-5H,1-2H2,(H,12,13). The van der Waals surface area contributed by atoms with Gasteiger partial charge in [-0.1, -0.05) is 0 Å². The fraction of sp³-hybridized carbons (Fsp3) is 0.222. The summed E-state index contributed by atoms with van der Waals surface area (Å²) >= 11 is 0. The Hall–Kier alpha value is -1.98. The number of non-ortho nitro benzene ring substituents is 1. The zero-order valence-corrected chi connectivity index (χ0v) is 7.64. The molecule has 0 aliphatic rings. The molecule has 0 saturated heterocycles. The third-order valence-electron chi connectivity index (χ3n) is 1.78. The first-order valence-corrected chi connectivity index (χ1v) is 4.14. The molecular formula is C9H8FNO4. The van der Waals surface area contributed by atoms with E-state index in [1.807, 2.05) is 0 Å². The van der Waals surface area contributed by atoms with Gasteiger partial charge in [0.15, 0.2) is 0 Å². The van der Waals surface area contributed by atoms with Crippen molar-refractivity contribution in [3.05, 3.63) is 39.7 Å². The summed E-state index contributed by atoms with van der Waals surface area (Å²) in [6, 6.07) is 3.06. The molecular weight excluding hydrogens is 205 g/mol. The quantitative estimate of drug-likeness (QED) is 0.610. The molecule has 0 heterocycles. The number of carbonyl (C=O) groups is 1. The van der Waals surface area contributed by atoms with E-state index in [0.29, 0.717) is 5.56 Å². The fourth-order valence-corrected chi connectivity index (χ4v) is 1.13. The van der Waals surface area contributed by atoms with Crippen molar-refractivity contribution in [3.8, 4) is 0 Å². The van der Waals surface area contributed by atoms with Gasteiger partial charge in [-0.15, -0.1) is 0 Å². The highest BCUT2D eigenvalue weighted by molar-refractivity contribution is 5.67. The molecule has 0 radical (unpaired) electrons. The van der Waals surface area contributed by atoms with Crippen LogP contribution in [-0.2, 0) is 11.2 Å². The normalized spacial score (nSPS) is 9.93. The van der Waals surface area contributed by atoms with E-state index in [2.05, 4.69) is 0 Å². The SMILES string of the molecule is O=C(O)CCc1cc(F)cc([N+](=O)[O-])c1. The van der Waals surface area contributed by atoms with E-state index >= 15 is 0 Å². The molecule has 6 heteroatoms. The Kier molecular flexibility index (Phi) is 3.33. The number of hydrogen-bond donors (Lipinski definition) is 1. The third kappa shape index (κ3) is 3.34. The van der Waals surface area contributed by atoms with Gasteiger partial charge >= 0.3 is 5.97 Å². The zero-order chi connectivity index (χ0) is 11.4. The van der Waals surface area contributed by atoms with E-state index in [4.69, 9.17) is 5.11 Å². The second kappa shape index (κ2) is 4.50. The van der Waals surface area contributed by atoms with Crippen molar-refractivity contribution in [3.63, 3.8) is 0 Å². The lowest BCUT2D eigenvalue weighted by molar-refractivity contribution is -0.385. The molecule has 80 valence electrons. The van der Waals surface area contributed by atoms with Gasteiger partial charge in [-0.05, 0) is 18.1 Å². The average molecular weight is 213 g/mol. The van der Waals surface area contributed by atoms with Crippen molar-refractivity contribution < 1.29 is 19.2 Å². The summed E-state index contributed by atoms with van der Waals surface area (Å²) in [6.07, 6.45) is -0.103. The number of aliphatic carboxylic acids is 1. The maximum absolute atomic E-state index is 12.9. The number of carboxylic acids is 1. The molecule has 0 amide bonds. The molecule has 1 rings (SSSR count). The van der Waals surface area contributed by atoms with E-state index < -0.39 is 16.7 Å². The molecule has 0 saturated carbocycles. The Morgan fingerprint density at radius 2 is 2.13 bits per heavy atom. The third-order valence-corrected chi connectivity index (χ3v) is 1.78. The van der Waals surface area contributed by atoms with Crippen LogP contribution in [0, 0.1) is 15.9 Å². The molecule has 0 atom stereocenters. The van der Waals surface area contributed by atoms with Crippen molar-refractivity contribution in [1.82, 2.24) is 0 Å². The van der Waals surface area contributed by atoms with E-state index in [9.17, 15) is 19.3 Å². The van der Waals surface area contributed by atoms with Crippen LogP contribution in [0.2, 0.25) is 0 Å². The highest BCUT2D eigenvalue weighted by Crippen LogP contribution is 2.17. The molecule has 1 N–H and O–H groups in total. The fourth-order valence-electron chi connectivity index (χ4n) is 1.13. The summed E-state index contributed by atoms with van der Waals surface area (Å²) in [5.74, 6) is -1.76. The van der Waals surface area contributed by atoms with Crippen LogP contribution in [0.25, 0.3) is 0 Å². The molecule has 0 aliphatic heterocycles. The number of nitrogens with zero attached hydrogens (tertiary/aromatic N) is 1. The van der Waals surface area contributed by atoms with Gasteiger partial charge in [-0.25, -0.2) is 4.39 Å². The number of rotatable bonds is 4. The van der Waals surface area contributed by atoms with E-state index in [1.165, 1.54) is 6.07 Å². The van der Waals surface area contributed by atoms with Crippen molar-refractivity contribution in [2.24, 2.45) is 0 Å². The van der Waals surface area contributed by atoms with Crippen molar-refractivity contribution in [2.45, 2.75) is 12.8 Å². The minimum atomic E-state index is -1.03. The number of halogens is 1. The summed E-state index contributed by atoms with van der Waals surface area (Å²) in [5.41, 5.74) is -0.0560. The number of hydrogen-bond acceptors (Lipinski definition) is 3. The van der Waals surface area contributed by atoms with Crippen molar-refractivity contribution >= 4 is 11.7 Å². The van der Waals surface area contributed by atoms with Gasteiger partial charge in [0, 0.05) is 12.5 Å². The molecule has 0 aromatic heterocycles. The number of nitro benzene ring substituents is 1. The van der Waals surface area contributed by atoms with Crippen LogP contribution >= 0.6 is 0 Å². The largest absolute Gasteiger partial charge is 0.481 e. The Bertz CT molecular complexity index is 405. The molecule has 0 bridgehead atoms.